The van der Waals surface area contributed by atoms with Crippen LogP contribution in [0.2, 0.25) is 0 Å². The van der Waals surface area contributed by atoms with Gasteiger partial charge in [0.25, 0.3) is 0 Å². The summed E-state index contributed by atoms with van der Waals surface area (Å²) in [6.45, 7) is 9.62. The second-order valence-electron chi connectivity index (χ2n) is 8.04. The van der Waals surface area contributed by atoms with Gasteiger partial charge in [-0.15, -0.1) is 6.58 Å². The highest BCUT2D eigenvalue weighted by molar-refractivity contribution is 7.98. The molecule has 0 heterocycles. The number of Topliss-reactive ketones (excluding diaryl/α,β-unsaturated/α-hetero) is 1. The summed E-state index contributed by atoms with van der Waals surface area (Å²) in [4.78, 5) is 25.0. The van der Waals surface area contributed by atoms with Crippen molar-refractivity contribution in [1.29, 1.82) is 0 Å². The normalized spacial score (nSPS) is 17.4. The van der Waals surface area contributed by atoms with E-state index in [1.165, 1.54) is 13.2 Å². The molecule has 0 bridgehead atoms. The molecule has 0 radical (unpaired) electrons. The van der Waals surface area contributed by atoms with Crippen LogP contribution in [0.4, 0.5) is 0 Å². The molecular weight excluding hydrogens is 394 g/mol. The van der Waals surface area contributed by atoms with Crippen LogP contribution in [0, 0.1) is 11.3 Å². The fourth-order valence-electron chi connectivity index (χ4n) is 2.61. The molecule has 0 aromatic carbocycles. The number of allylic oxidation sites excluding steroid dienone is 1. The zero-order chi connectivity index (χ0) is 22.6. The van der Waals surface area contributed by atoms with Gasteiger partial charge in [0.05, 0.1) is 0 Å². The Morgan fingerprint density at radius 2 is 1.83 bits per heavy atom. The van der Waals surface area contributed by atoms with Crippen LogP contribution in [0.5, 0.6) is 0 Å². The summed E-state index contributed by atoms with van der Waals surface area (Å²) in [5.41, 5.74) is -0.217. The maximum absolute atomic E-state index is 12.7. The maximum atomic E-state index is 12.7. The molecule has 0 unspecified atom stereocenters. The Bertz CT molecular complexity index is 546. The minimum atomic E-state index is -1.63. The molecule has 0 aliphatic heterocycles. The SMILES string of the molecule is C=CCNC(=O)[C@H](CCSC)CC(=O)[C@H](OC)[C@H](O)[C@@H](O)[C@H](O)/C=C/C(C)(C)C. The van der Waals surface area contributed by atoms with Crippen molar-refractivity contribution in [3.8, 4) is 0 Å². The third kappa shape index (κ3) is 11.0. The van der Waals surface area contributed by atoms with Crippen molar-refractivity contribution in [3.63, 3.8) is 0 Å². The van der Waals surface area contributed by atoms with E-state index in [1.54, 1.807) is 23.9 Å². The van der Waals surface area contributed by atoms with Gasteiger partial charge in [0, 0.05) is 26.0 Å². The van der Waals surface area contributed by atoms with Gasteiger partial charge in [-0.3, -0.25) is 9.59 Å². The van der Waals surface area contributed by atoms with Crippen molar-refractivity contribution in [1.82, 2.24) is 5.32 Å². The number of ketones is 1. The minimum Gasteiger partial charge on any atom is -0.387 e. The summed E-state index contributed by atoms with van der Waals surface area (Å²) in [5, 5.41) is 33.5. The van der Waals surface area contributed by atoms with E-state index in [9.17, 15) is 24.9 Å². The lowest BCUT2D eigenvalue weighted by atomic mass is 9.91. The minimum absolute atomic E-state index is 0.139. The summed E-state index contributed by atoms with van der Waals surface area (Å²) in [6.07, 6.45) is 0.938. The number of amides is 1. The maximum Gasteiger partial charge on any atom is 0.223 e. The van der Waals surface area contributed by atoms with Gasteiger partial charge >= 0.3 is 0 Å². The molecular formula is C21H37NO6S. The lowest BCUT2D eigenvalue weighted by Gasteiger charge is -2.28. The molecule has 0 aromatic rings. The molecule has 0 rings (SSSR count). The third-order valence-corrected chi connectivity index (χ3v) is 4.93. The highest BCUT2D eigenvalue weighted by Crippen LogP contribution is 2.19. The quantitative estimate of drug-likeness (QED) is 0.307. The highest BCUT2D eigenvalue weighted by atomic mass is 32.2. The average molecular weight is 432 g/mol. The largest absolute Gasteiger partial charge is 0.387 e. The van der Waals surface area contributed by atoms with Gasteiger partial charge < -0.3 is 25.4 Å². The van der Waals surface area contributed by atoms with E-state index in [0.29, 0.717) is 18.7 Å². The van der Waals surface area contributed by atoms with Gasteiger partial charge in [0.15, 0.2) is 5.78 Å². The Labute approximate surface area is 178 Å². The van der Waals surface area contributed by atoms with E-state index in [4.69, 9.17) is 4.74 Å². The molecule has 0 fully saturated rings. The summed E-state index contributed by atoms with van der Waals surface area (Å²) in [6, 6.07) is 0. The molecule has 8 heteroatoms. The van der Waals surface area contributed by atoms with E-state index in [2.05, 4.69) is 11.9 Å². The van der Waals surface area contributed by atoms with Crippen molar-refractivity contribution in [2.24, 2.45) is 11.3 Å². The predicted octanol–water partition coefficient (Wildman–Crippen LogP) is 1.32. The van der Waals surface area contributed by atoms with Crippen LogP contribution < -0.4 is 5.32 Å². The van der Waals surface area contributed by atoms with Crippen molar-refractivity contribution < 1.29 is 29.6 Å². The van der Waals surface area contributed by atoms with Crippen LogP contribution in [0.15, 0.2) is 24.8 Å². The van der Waals surface area contributed by atoms with Gasteiger partial charge in [0.2, 0.25) is 5.91 Å². The molecule has 0 saturated carbocycles. The lowest BCUT2D eigenvalue weighted by Crippen LogP contribution is -2.48. The standard InChI is InChI=1S/C21H37NO6S/c1-7-11-22-20(27)14(9-12-29-6)13-16(24)19(28-5)18(26)17(25)15(23)8-10-21(2,3)4/h7-8,10,14-15,17-19,23,25-26H,1,9,11-13H2,2-6H3,(H,22,27)/b10-8+/t14-,15-,17+,18-,19+/m1/s1. The summed E-state index contributed by atoms with van der Waals surface area (Å²) >= 11 is 1.56. The van der Waals surface area contributed by atoms with E-state index < -0.39 is 36.1 Å². The number of ether oxygens (including phenoxy) is 1. The molecule has 0 aliphatic carbocycles. The first-order valence-corrected chi connectivity index (χ1v) is 11.0. The van der Waals surface area contributed by atoms with Gasteiger partial charge in [-0.05, 0) is 23.8 Å². The van der Waals surface area contributed by atoms with Gasteiger partial charge in [-0.25, -0.2) is 0 Å². The molecule has 7 nitrogen and oxygen atoms in total. The second-order valence-corrected chi connectivity index (χ2v) is 9.02. The predicted molar refractivity (Wildman–Crippen MR) is 117 cm³/mol. The van der Waals surface area contributed by atoms with Crippen molar-refractivity contribution >= 4 is 23.5 Å². The molecule has 0 aromatic heterocycles. The van der Waals surface area contributed by atoms with Crippen LogP contribution in [0.1, 0.15) is 33.6 Å². The zero-order valence-electron chi connectivity index (χ0n) is 18.1. The molecule has 0 aliphatic rings. The molecule has 0 saturated heterocycles. The number of aliphatic hydroxyl groups excluding tert-OH is 3. The Kier molecular flexibility index (Phi) is 13.4. The second kappa shape index (κ2) is 13.9. The fourth-order valence-corrected chi connectivity index (χ4v) is 3.13. The molecule has 29 heavy (non-hydrogen) atoms. The number of nitrogens with one attached hydrogen (secondary N) is 1. The van der Waals surface area contributed by atoms with Crippen molar-refractivity contribution in [2.75, 3.05) is 25.7 Å². The van der Waals surface area contributed by atoms with Crippen LogP contribution >= 0.6 is 11.8 Å². The first-order valence-electron chi connectivity index (χ1n) is 9.65. The number of methoxy groups -OCH3 is 1. The van der Waals surface area contributed by atoms with E-state index >= 15 is 0 Å². The number of thioether (sulfide) groups is 1. The summed E-state index contributed by atoms with van der Waals surface area (Å²) in [5.74, 6) is -0.669. The molecule has 5 atom stereocenters. The smallest absolute Gasteiger partial charge is 0.223 e. The Morgan fingerprint density at radius 1 is 1.21 bits per heavy atom. The van der Waals surface area contributed by atoms with Crippen LogP contribution in [0.25, 0.3) is 0 Å². The van der Waals surface area contributed by atoms with Crippen LogP contribution in [0.3, 0.4) is 0 Å². The Hall–Kier alpha value is -1.19. The first-order chi connectivity index (χ1) is 13.5. The Balaban J connectivity index is 5.18. The lowest BCUT2D eigenvalue weighted by molar-refractivity contribution is -0.149. The average Bonchev–Trinajstić information content (AvgIpc) is 2.66. The molecule has 168 valence electrons. The summed E-state index contributed by atoms with van der Waals surface area (Å²) < 4.78 is 5.11. The van der Waals surface area contributed by atoms with E-state index in [1.807, 2.05) is 27.0 Å². The summed E-state index contributed by atoms with van der Waals surface area (Å²) in [7, 11) is 1.24. The van der Waals surface area contributed by atoms with Gasteiger partial charge in [-0.1, -0.05) is 39.0 Å². The number of aliphatic hydroxyl groups is 3. The number of hydrogen-bond donors (Lipinski definition) is 4. The Morgan fingerprint density at radius 3 is 2.31 bits per heavy atom. The van der Waals surface area contributed by atoms with E-state index in [-0.39, 0.29) is 17.7 Å². The molecule has 4 N–H and O–H groups in total. The topological polar surface area (TPSA) is 116 Å². The van der Waals surface area contributed by atoms with Crippen molar-refractivity contribution in [2.45, 2.75) is 58.0 Å². The molecule has 1 amide bonds. The molecule has 0 spiro atoms. The van der Waals surface area contributed by atoms with Crippen molar-refractivity contribution in [3.05, 3.63) is 24.8 Å². The monoisotopic (exact) mass is 431 g/mol. The highest BCUT2D eigenvalue weighted by Gasteiger charge is 2.36. The zero-order valence-corrected chi connectivity index (χ0v) is 18.9. The number of hydrogen-bond acceptors (Lipinski definition) is 7. The number of carbonyl (C=O) groups excluding carboxylic acids is 2. The number of carbonyl (C=O) groups is 2. The van der Waals surface area contributed by atoms with Gasteiger partial charge in [-0.2, -0.15) is 11.8 Å². The first kappa shape index (κ1) is 27.8. The third-order valence-electron chi connectivity index (χ3n) is 4.28. The van der Waals surface area contributed by atoms with Crippen LogP contribution in [-0.4, -0.2) is 77.1 Å². The number of rotatable bonds is 14. The fraction of sp³-hybridized carbons (Fsp3) is 0.714. The van der Waals surface area contributed by atoms with Gasteiger partial charge in [0.1, 0.15) is 24.4 Å². The van der Waals surface area contributed by atoms with E-state index in [0.717, 1.165) is 0 Å². The van der Waals surface area contributed by atoms with Crippen LogP contribution in [-0.2, 0) is 14.3 Å².